The lowest BCUT2D eigenvalue weighted by atomic mass is 9.94. The zero-order chi connectivity index (χ0) is 12.3. The second-order valence-electron chi connectivity index (χ2n) is 5.32. The van der Waals surface area contributed by atoms with Crippen molar-refractivity contribution in [1.82, 2.24) is 0 Å². The lowest BCUT2D eigenvalue weighted by Gasteiger charge is -2.10. The van der Waals surface area contributed by atoms with E-state index < -0.39 is 0 Å². The molecule has 90 valence electrons. The normalized spacial score (nSPS) is 11.4. The molecule has 0 amide bonds. The Morgan fingerprint density at radius 2 is 1.75 bits per heavy atom. The third-order valence-electron chi connectivity index (χ3n) is 2.54. The van der Waals surface area contributed by atoms with E-state index in [0.29, 0.717) is 11.8 Å². The Morgan fingerprint density at radius 1 is 1.19 bits per heavy atom. The van der Waals surface area contributed by atoms with Crippen molar-refractivity contribution >= 4 is 17.1 Å². The molecule has 1 nitrogen and oxygen atoms in total. The molecule has 1 rings (SSSR count). The maximum Gasteiger partial charge on any atom is 0.169 e. The molecular formula is C14H22OS. The van der Waals surface area contributed by atoms with Crippen LogP contribution in [0.2, 0.25) is 0 Å². The van der Waals surface area contributed by atoms with Crippen molar-refractivity contribution < 1.29 is 4.79 Å². The molecule has 0 aliphatic heterocycles. The highest BCUT2D eigenvalue weighted by Gasteiger charge is 2.16. The SMILES string of the molecule is CC(=O)c1scc(CC(C)C)c1CC(C)C. The highest BCUT2D eigenvalue weighted by Crippen LogP contribution is 2.27. The molecule has 0 unspecified atom stereocenters. The summed E-state index contributed by atoms with van der Waals surface area (Å²) in [6.45, 7) is 10.5. The zero-order valence-corrected chi connectivity index (χ0v) is 11.8. The summed E-state index contributed by atoms with van der Waals surface area (Å²) < 4.78 is 0. The van der Waals surface area contributed by atoms with Crippen molar-refractivity contribution in [3.63, 3.8) is 0 Å². The van der Waals surface area contributed by atoms with E-state index in [0.717, 1.165) is 17.7 Å². The van der Waals surface area contributed by atoms with Crippen molar-refractivity contribution in [3.8, 4) is 0 Å². The smallest absolute Gasteiger partial charge is 0.169 e. The van der Waals surface area contributed by atoms with Crippen LogP contribution in [0.1, 0.15) is 55.4 Å². The van der Waals surface area contributed by atoms with Crippen molar-refractivity contribution in [2.24, 2.45) is 11.8 Å². The van der Waals surface area contributed by atoms with Crippen LogP contribution in [0.5, 0.6) is 0 Å². The Bertz CT molecular complexity index is 361. The number of carbonyl (C=O) groups is 1. The average molecular weight is 238 g/mol. The van der Waals surface area contributed by atoms with Gasteiger partial charge in [0.25, 0.3) is 0 Å². The Hall–Kier alpha value is -0.630. The van der Waals surface area contributed by atoms with Crippen LogP contribution in [0.15, 0.2) is 5.38 Å². The molecule has 0 saturated heterocycles. The molecule has 0 spiro atoms. The van der Waals surface area contributed by atoms with Gasteiger partial charge in [-0.1, -0.05) is 27.7 Å². The number of ketones is 1. The summed E-state index contributed by atoms with van der Waals surface area (Å²) in [5.41, 5.74) is 2.69. The van der Waals surface area contributed by atoms with E-state index >= 15 is 0 Å². The third kappa shape index (κ3) is 3.44. The summed E-state index contributed by atoms with van der Waals surface area (Å²) in [5, 5.41) is 2.18. The van der Waals surface area contributed by atoms with Crippen LogP contribution in [0.3, 0.4) is 0 Å². The van der Waals surface area contributed by atoms with Crippen molar-refractivity contribution in [2.45, 2.75) is 47.5 Å². The fraction of sp³-hybridized carbons (Fsp3) is 0.643. The van der Waals surface area contributed by atoms with Crippen LogP contribution < -0.4 is 0 Å². The lowest BCUT2D eigenvalue weighted by Crippen LogP contribution is -2.04. The minimum atomic E-state index is 0.218. The van der Waals surface area contributed by atoms with Crippen LogP contribution in [0, 0.1) is 11.8 Å². The average Bonchev–Trinajstić information content (AvgIpc) is 2.47. The van der Waals surface area contributed by atoms with Crippen molar-refractivity contribution in [2.75, 3.05) is 0 Å². The second-order valence-corrected chi connectivity index (χ2v) is 6.20. The summed E-state index contributed by atoms with van der Waals surface area (Å²) in [6, 6.07) is 0. The molecule has 0 fully saturated rings. The van der Waals surface area contributed by atoms with Gasteiger partial charge in [-0.3, -0.25) is 4.79 Å². The van der Waals surface area contributed by atoms with Crippen LogP contribution in [-0.4, -0.2) is 5.78 Å². The predicted octanol–water partition coefficient (Wildman–Crippen LogP) is 4.35. The molecule has 0 saturated carbocycles. The molecule has 1 heterocycles. The van der Waals surface area contributed by atoms with E-state index in [-0.39, 0.29) is 5.78 Å². The summed E-state index contributed by atoms with van der Waals surface area (Å²) in [4.78, 5) is 12.5. The highest BCUT2D eigenvalue weighted by molar-refractivity contribution is 7.12. The fourth-order valence-corrected chi connectivity index (χ4v) is 2.98. The molecule has 0 aliphatic carbocycles. The van der Waals surface area contributed by atoms with Crippen molar-refractivity contribution in [3.05, 3.63) is 21.4 Å². The molecule has 1 aromatic rings. The molecule has 0 bridgehead atoms. The molecule has 0 aromatic carbocycles. The lowest BCUT2D eigenvalue weighted by molar-refractivity contribution is 0.102. The van der Waals surface area contributed by atoms with Gasteiger partial charge in [0.15, 0.2) is 5.78 Å². The summed E-state index contributed by atoms with van der Waals surface area (Å²) >= 11 is 1.62. The van der Waals surface area contributed by atoms with Crippen LogP contribution in [0.4, 0.5) is 0 Å². The van der Waals surface area contributed by atoms with E-state index in [9.17, 15) is 4.79 Å². The van der Waals surface area contributed by atoms with E-state index in [4.69, 9.17) is 0 Å². The van der Waals surface area contributed by atoms with Crippen LogP contribution >= 0.6 is 11.3 Å². The summed E-state index contributed by atoms with van der Waals surface area (Å²) in [5.74, 6) is 1.48. The molecule has 0 N–H and O–H groups in total. The largest absolute Gasteiger partial charge is 0.294 e. The molecule has 2 heteroatoms. The predicted molar refractivity (Wildman–Crippen MR) is 71.4 cm³/mol. The minimum Gasteiger partial charge on any atom is -0.294 e. The first-order valence-corrected chi connectivity index (χ1v) is 6.90. The number of thiophene rings is 1. The van der Waals surface area contributed by atoms with Gasteiger partial charge in [-0.2, -0.15) is 0 Å². The molecule has 0 radical (unpaired) electrons. The van der Waals surface area contributed by atoms with Gasteiger partial charge in [-0.05, 0) is 48.1 Å². The maximum absolute atomic E-state index is 11.6. The molecular weight excluding hydrogens is 216 g/mol. The topological polar surface area (TPSA) is 17.1 Å². The van der Waals surface area contributed by atoms with Gasteiger partial charge in [-0.25, -0.2) is 0 Å². The van der Waals surface area contributed by atoms with Gasteiger partial charge in [0.1, 0.15) is 0 Å². The summed E-state index contributed by atoms with van der Waals surface area (Å²) in [7, 11) is 0. The quantitative estimate of drug-likeness (QED) is 0.697. The number of Topliss-reactive ketones (excluding diaryl/α,β-unsaturated/α-hetero) is 1. The molecule has 16 heavy (non-hydrogen) atoms. The zero-order valence-electron chi connectivity index (χ0n) is 11.0. The van der Waals surface area contributed by atoms with Gasteiger partial charge < -0.3 is 0 Å². The van der Waals surface area contributed by atoms with E-state index in [1.54, 1.807) is 18.3 Å². The Labute approximate surface area is 103 Å². The van der Waals surface area contributed by atoms with Gasteiger partial charge >= 0.3 is 0 Å². The first-order chi connectivity index (χ1) is 7.41. The Balaban J connectivity index is 3.03. The number of hydrogen-bond acceptors (Lipinski definition) is 2. The molecule has 1 aromatic heterocycles. The minimum absolute atomic E-state index is 0.218. The van der Waals surface area contributed by atoms with E-state index in [2.05, 4.69) is 33.1 Å². The second kappa shape index (κ2) is 5.62. The molecule has 0 atom stereocenters. The van der Waals surface area contributed by atoms with Gasteiger partial charge in [-0.15, -0.1) is 11.3 Å². The Kier molecular flexibility index (Phi) is 4.72. The number of hydrogen-bond donors (Lipinski definition) is 0. The standard InChI is InChI=1S/C14H22OS/c1-9(2)6-12-8-16-14(11(5)15)13(12)7-10(3)4/h8-10H,6-7H2,1-5H3. The first kappa shape index (κ1) is 13.4. The first-order valence-electron chi connectivity index (χ1n) is 6.02. The van der Waals surface area contributed by atoms with Crippen LogP contribution in [-0.2, 0) is 12.8 Å². The van der Waals surface area contributed by atoms with Gasteiger partial charge in [0.2, 0.25) is 0 Å². The fourth-order valence-electron chi connectivity index (χ4n) is 1.96. The third-order valence-corrected chi connectivity index (χ3v) is 3.71. The number of carbonyl (C=O) groups excluding carboxylic acids is 1. The van der Waals surface area contributed by atoms with E-state index in [1.807, 2.05) is 0 Å². The monoisotopic (exact) mass is 238 g/mol. The van der Waals surface area contributed by atoms with Crippen LogP contribution in [0.25, 0.3) is 0 Å². The Morgan fingerprint density at radius 3 is 2.19 bits per heavy atom. The van der Waals surface area contributed by atoms with Gasteiger partial charge in [0.05, 0.1) is 4.88 Å². The summed E-state index contributed by atoms with van der Waals surface area (Å²) in [6.07, 6.45) is 2.12. The van der Waals surface area contributed by atoms with Crippen molar-refractivity contribution in [1.29, 1.82) is 0 Å². The molecule has 0 aliphatic rings. The number of rotatable bonds is 5. The highest BCUT2D eigenvalue weighted by atomic mass is 32.1. The van der Waals surface area contributed by atoms with Gasteiger partial charge in [0, 0.05) is 0 Å². The maximum atomic E-state index is 11.6. The van der Waals surface area contributed by atoms with E-state index in [1.165, 1.54) is 11.1 Å².